The Hall–Kier alpha value is -2.81. The van der Waals surface area contributed by atoms with Crippen LogP contribution in [0.25, 0.3) is 0 Å². The molecule has 2 saturated heterocycles. The molecule has 3 rings (SSSR count). The molecule has 0 radical (unpaired) electrons. The molecule has 9 nitrogen and oxygen atoms in total. The van der Waals surface area contributed by atoms with Gasteiger partial charge in [-0.1, -0.05) is 12.1 Å². The molecule has 31 heavy (non-hydrogen) atoms. The average Bonchev–Trinajstić information content (AvgIpc) is 3.29. The molecule has 3 N–H and O–H groups in total. The lowest BCUT2D eigenvalue weighted by Gasteiger charge is -2.37. The van der Waals surface area contributed by atoms with Gasteiger partial charge in [-0.05, 0) is 44.4 Å². The van der Waals surface area contributed by atoms with E-state index in [0.29, 0.717) is 26.2 Å². The molecule has 1 unspecified atom stereocenters. The molecule has 0 spiro atoms. The van der Waals surface area contributed by atoms with E-state index in [2.05, 4.69) is 25.8 Å². The molecule has 1 aromatic carbocycles. The normalized spacial score (nSPS) is 19.5. The Morgan fingerprint density at radius 2 is 1.81 bits per heavy atom. The van der Waals surface area contributed by atoms with Gasteiger partial charge >= 0.3 is 6.03 Å². The molecular weight excluding hydrogens is 396 g/mol. The number of rotatable bonds is 5. The van der Waals surface area contributed by atoms with Crippen molar-refractivity contribution in [1.82, 2.24) is 20.4 Å². The number of carbonyl (C=O) groups is 2. The maximum Gasteiger partial charge on any atom is 0.319 e. The molecule has 0 bridgehead atoms. The molecule has 2 aliphatic rings. The second kappa shape index (κ2) is 11.0. The average molecular weight is 431 g/mol. The lowest BCUT2D eigenvalue weighted by Crippen LogP contribution is -2.55. The van der Waals surface area contributed by atoms with Gasteiger partial charge in [-0.2, -0.15) is 0 Å². The molecule has 0 aliphatic carbocycles. The molecule has 9 heteroatoms. The summed E-state index contributed by atoms with van der Waals surface area (Å²) in [6.07, 6.45) is 1.55. The number of urea groups is 1. The number of nitrogens with zero attached hydrogens (tertiary/aromatic N) is 3. The molecule has 2 fully saturated rings. The van der Waals surface area contributed by atoms with Gasteiger partial charge in [-0.25, -0.2) is 4.79 Å². The Morgan fingerprint density at radius 3 is 2.39 bits per heavy atom. The van der Waals surface area contributed by atoms with Crippen molar-refractivity contribution in [2.24, 2.45) is 4.99 Å². The number of guanidine groups is 1. The second-order valence-corrected chi connectivity index (χ2v) is 8.16. The van der Waals surface area contributed by atoms with Gasteiger partial charge in [0.25, 0.3) is 5.91 Å². The van der Waals surface area contributed by atoms with Gasteiger partial charge in [0.1, 0.15) is 6.10 Å². The summed E-state index contributed by atoms with van der Waals surface area (Å²) in [6, 6.07) is 7.60. The summed E-state index contributed by atoms with van der Waals surface area (Å²) in [6.45, 7) is 8.00. The van der Waals surface area contributed by atoms with Gasteiger partial charge in [0, 0.05) is 58.1 Å². The third-order valence-corrected chi connectivity index (χ3v) is 5.39. The number of benzene rings is 1. The molecule has 0 aromatic heterocycles. The van der Waals surface area contributed by atoms with E-state index in [0.717, 1.165) is 43.1 Å². The standard InChI is InChI=1S/C22H34N6O3/c1-16(2)25-22(30)26-18-8-6-17(7-9-18)15-24-21(23-3)28-12-10-27(11-13-28)20(29)19-5-4-14-31-19/h6-9,16,19H,4-5,10-15H2,1-3H3,(H,23,24)(H2,25,26,30). The first-order valence-corrected chi connectivity index (χ1v) is 11.0. The summed E-state index contributed by atoms with van der Waals surface area (Å²) >= 11 is 0. The maximum absolute atomic E-state index is 12.5. The summed E-state index contributed by atoms with van der Waals surface area (Å²) in [4.78, 5) is 32.8. The summed E-state index contributed by atoms with van der Waals surface area (Å²) < 4.78 is 5.53. The van der Waals surface area contributed by atoms with Crippen molar-refractivity contribution < 1.29 is 14.3 Å². The molecule has 2 heterocycles. The zero-order valence-corrected chi connectivity index (χ0v) is 18.7. The van der Waals surface area contributed by atoms with Gasteiger partial charge in [0.2, 0.25) is 0 Å². The first-order chi connectivity index (χ1) is 15.0. The van der Waals surface area contributed by atoms with Crippen molar-refractivity contribution in [3.63, 3.8) is 0 Å². The first kappa shape index (κ1) is 22.9. The minimum absolute atomic E-state index is 0.0891. The van der Waals surface area contributed by atoms with E-state index in [9.17, 15) is 9.59 Å². The van der Waals surface area contributed by atoms with Crippen LogP contribution in [0.5, 0.6) is 0 Å². The van der Waals surface area contributed by atoms with Crippen LogP contribution in [0.2, 0.25) is 0 Å². The number of aliphatic imine (C=N–C) groups is 1. The number of ether oxygens (including phenoxy) is 1. The Kier molecular flexibility index (Phi) is 8.11. The monoisotopic (exact) mass is 430 g/mol. The van der Waals surface area contributed by atoms with Gasteiger partial charge in [0.05, 0.1) is 0 Å². The third-order valence-electron chi connectivity index (χ3n) is 5.39. The smallest absolute Gasteiger partial charge is 0.319 e. The molecule has 1 aromatic rings. The maximum atomic E-state index is 12.5. The predicted octanol–water partition coefficient (Wildman–Crippen LogP) is 1.62. The number of nitrogens with one attached hydrogen (secondary N) is 3. The Labute approximate surface area is 184 Å². The molecule has 3 amide bonds. The van der Waals surface area contributed by atoms with E-state index >= 15 is 0 Å². The highest BCUT2D eigenvalue weighted by atomic mass is 16.5. The Morgan fingerprint density at radius 1 is 1.13 bits per heavy atom. The highest BCUT2D eigenvalue weighted by molar-refractivity contribution is 5.89. The van der Waals surface area contributed by atoms with Crippen LogP contribution in [-0.4, -0.2) is 79.7 Å². The molecule has 0 saturated carbocycles. The van der Waals surface area contributed by atoms with Crippen LogP contribution in [0.1, 0.15) is 32.3 Å². The fraction of sp³-hybridized carbons (Fsp3) is 0.591. The number of anilines is 1. The molecule has 1 atom stereocenters. The van der Waals surface area contributed by atoms with E-state index in [1.807, 2.05) is 43.0 Å². The topological polar surface area (TPSA) is 98.3 Å². The largest absolute Gasteiger partial charge is 0.368 e. The quantitative estimate of drug-likeness (QED) is 0.487. The Balaban J connectivity index is 1.44. The van der Waals surface area contributed by atoms with Gasteiger partial charge < -0.3 is 30.5 Å². The summed E-state index contributed by atoms with van der Waals surface area (Å²) in [5.41, 5.74) is 1.83. The predicted molar refractivity (Wildman–Crippen MR) is 121 cm³/mol. The molecule has 170 valence electrons. The minimum atomic E-state index is -0.252. The van der Waals surface area contributed by atoms with Gasteiger partial charge in [0.15, 0.2) is 5.96 Å². The summed E-state index contributed by atoms with van der Waals surface area (Å²) in [5, 5.41) is 9.01. The lowest BCUT2D eigenvalue weighted by molar-refractivity contribution is -0.142. The van der Waals surface area contributed by atoms with Crippen molar-refractivity contribution >= 4 is 23.6 Å². The van der Waals surface area contributed by atoms with E-state index in [1.165, 1.54) is 0 Å². The number of amides is 3. The first-order valence-electron chi connectivity index (χ1n) is 11.0. The van der Waals surface area contributed by atoms with Crippen molar-refractivity contribution in [3.05, 3.63) is 29.8 Å². The van der Waals surface area contributed by atoms with Crippen molar-refractivity contribution in [2.75, 3.05) is 45.2 Å². The number of carbonyl (C=O) groups excluding carboxylic acids is 2. The van der Waals surface area contributed by atoms with Crippen LogP contribution in [0.4, 0.5) is 10.5 Å². The van der Waals surface area contributed by atoms with E-state index < -0.39 is 0 Å². The zero-order chi connectivity index (χ0) is 22.2. The number of hydrogen-bond acceptors (Lipinski definition) is 4. The van der Waals surface area contributed by atoms with Gasteiger partial charge in [-0.15, -0.1) is 0 Å². The van der Waals surface area contributed by atoms with E-state index in [4.69, 9.17) is 4.74 Å². The summed E-state index contributed by atoms with van der Waals surface area (Å²) in [7, 11) is 1.77. The van der Waals surface area contributed by atoms with Crippen molar-refractivity contribution in [2.45, 2.75) is 45.4 Å². The lowest BCUT2D eigenvalue weighted by atomic mass is 10.2. The van der Waals surface area contributed by atoms with Crippen LogP contribution in [0.3, 0.4) is 0 Å². The number of hydrogen-bond donors (Lipinski definition) is 3. The summed E-state index contributed by atoms with van der Waals surface area (Å²) in [5.74, 6) is 0.943. The van der Waals surface area contributed by atoms with Crippen LogP contribution in [0, 0.1) is 0 Å². The highest BCUT2D eigenvalue weighted by Gasteiger charge is 2.30. The van der Waals surface area contributed by atoms with Crippen LogP contribution >= 0.6 is 0 Å². The number of piperazine rings is 1. The minimum Gasteiger partial charge on any atom is -0.368 e. The SMILES string of the molecule is CN=C(NCc1ccc(NC(=O)NC(C)C)cc1)N1CCN(C(=O)C2CCCO2)CC1. The molecular formula is C22H34N6O3. The fourth-order valence-electron chi connectivity index (χ4n) is 3.76. The van der Waals surface area contributed by atoms with Crippen LogP contribution in [0.15, 0.2) is 29.3 Å². The second-order valence-electron chi connectivity index (χ2n) is 8.16. The Bertz CT molecular complexity index is 766. The highest BCUT2D eigenvalue weighted by Crippen LogP contribution is 2.16. The van der Waals surface area contributed by atoms with Gasteiger partial charge in [-0.3, -0.25) is 9.79 Å². The van der Waals surface area contributed by atoms with Crippen LogP contribution in [-0.2, 0) is 16.1 Å². The fourth-order valence-corrected chi connectivity index (χ4v) is 3.76. The third kappa shape index (κ3) is 6.58. The zero-order valence-electron chi connectivity index (χ0n) is 18.7. The van der Waals surface area contributed by atoms with Crippen LogP contribution < -0.4 is 16.0 Å². The van der Waals surface area contributed by atoms with E-state index in [-0.39, 0.29) is 24.1 Å². The van der Waals surface area contributed by atoms with Crippen molar-refractivity contribution in [3.8, 4) is 0 Å². The van der Waals surface area contributed by atoms with E-state index in [1.54, 1.807) is 7.05 Å². The molecule has 2 aliphatic heterocycles. The van der Waals surface area contributed by atoms with Crippen molar-refractivity contribution in [1.29, 1.82) is 0 Å².